The van der Waals surface area contributed by atoms with Crippen LogP contribution in [-0.2, 0) is 4.74 Å². The Labute approximate surface area is 177 Å². The first-order chi connectivity index (χ1) is 14.6. The molecule has 1 N–H and O–H groups in total. The van der Waals surface area contributed by atoms with Gasteiger partial charge in [-0.1, -0.05) is 25.3 Å². The van der Waals surface area contributed by atoms with Crippen LogP contribution in [0.1, 0.15) is 54.9 Å². The van der Waals surface area contributed by atoms with Crippen molar-refractivity contribution >= 4 is 11.6 Å². The van der Waals surface area contributed by atoms with E-state index >= 15 is 0 Å². The van der Waals surface area contributed by atoms with Crippen LogP contribution in [0.15, 0.2) is 36.7 Å². The van der Waals surface area contributed by atoms with Crippen molar-refractivity contribution in [3.8, 4) is 0 Å². The third-order valence-electron chi connectivity index (χ3n) is 6.40. The van der Waals surface area contributed by atoms with Gasteiger partial charge in [-0.3, -0.25) is 14.4 Å². The first-order valence-electron chi connectivity index (χ1n) is 11.0. The predicted octanol–water partition coefficient (Wildman–Crippen LogP) is 4.12. The molecule has 1 saturated carbocycles. The molecule has 30 heavy (non-hydrogen) atoms. The molecule has 1 aromatic carbocycles. The molecule has 2 heterocycles. The second-order valence-electron chi connectivity index (χ2n) is 8.63. The number of ether oxygens (including phenoxy) is 1. The fraction of sp³-hybridized carbons (Fsp3) is 0.565. The number of hydrogen-bond donors (Lipinski definition) is 1. The van der Waals surface area contributed by atoms with Crippen LogP contribution in [0, 0.1) is 11.7 Å². The molecule has 2 aliphatic rings. The first kappa shape index (κ1) is 21.0. The van der Waals surface area contributed by atoms with Gasteiger partial charge in [0.2, 0.25) is 0 Å². The summed E-state index contributed by atoms with van der Waals surface area (Å²) in [4.78, 5) is 14.9. The summed E-state index contributed by atoms with van der Waals surface area (Å²) in [6.45, 7) is 2.81. The zero-order valence-corrected chi connectivity index (χ0v) is 17.6. The summed E-state index contributed by atoms with van der Waals surface area (Å²) in [6, 6.07) is 6.34. The van der Waals surface area contributed by atoms with Gasteiger partial charge in [0.25, 0.3) is 5.91 Å². The van der Waals surface area contributed by atoms with E-state index in [1.807, 2.05) is 10.9 Å². The van der Waals surface area contributed by atoms with Gasteiger partial charge in [0, 0.05) is 38.0 Å². The second-order valence-corrected chi connectivity index (χ2v) is 8.63. The van der Waals surface area contributed by atoms with Crippen molar-refractivity contribution in [3.05, 3.63) is 48.0 Å². The summed E-state index contributed by atoms with van der Waals surface area (Å²) in [7, 11) is 1.76. The van der Waals surface area contributed by atoms with Gasteiger partial charge in [0.15, 0.2) is 0 Å². The van der Waals surface area contributed by atoms with Crippen molar-refractivity contribution in [1.29, 1.82) is 0 Å². The van der Waals surface area contributed by atoms with Crippen molar-refractivity contribution < 1.29 is 13.9 Å². The molecule has 6 nitrogen and oxygen atoms in total. The minimum Gasteiger partial charge on any atom is -0.383 e. The molecule has 2 atom stereocenters. The topological polar surface area (TPSA) is 59.4 Å². The van der Waals surface area contributed by atoms with Gasteiger partial charge in [0.05, 0.1) is 24.5 Å². The minimum atomic E-state index is -0.424. The zero-order chi connectivity index (χ0) is 20.9. The number of anilines is 1. The summed E-state index contributed by atoms with van der Waals surface area (Å²) in [5.41, 5.74) is 0.917. The third-order valence-corrected chi connectivity index (χ3v) is 6.40. The number of carbonyl (C=O) groups excluding carboxylic acids is 1. The molecule has 0 bridgehead atoms. The Kier molecular flexibility index (Phi) is 6.79. The average Bonchev–Trinajstić information content (AvgIpc) is 3.36. The highest BCUT2D eigenvalue weighted by Gasteiger charge is 2.34. The number of hydrogen-bond acceptors (Lipinski definition) is 4. The predicted molar refractivity (Wildman–Crippen MR) is 114 cm³/mol. The molecule has 1 aromatic heterocycles. The Morgan fingerprint density at radius 1 is 1.30 bits per heavy atom. The Morgan fingerprint density at radius 2 is 2.13 bits per heavy atom. The lowest BCUT2D eigenvalue weighted by Gasteiger charge is -2.30. The van der Waals surface area contributed by atoms with Crippen molar-refractivity contribution in [2.75, 3.05) is 32.1 Å². The molecule has 0 radical (unpaired) electrons. The summed E-state index contributed by atoms with van der Waals surface area (Å²) in [5, 5.41) is 7.31. The Morgan fingerprint density at radius 3 is 2.90 bits per heavy atom. The van der Waals surface area contributed by atoms with Crippen LogP contribution in [0.3, 0.4) is 0 Å². The van der Waals surface area contributed by atoms with Crippen molar-refractivity contribution in [3.63, 3.8) is 0 Å². The van der Waals surface area contributed by atoms with Crippen LogP contribution in [0.2, 0.25) is 0 Å². The maximum atomic E-state index is 13.4. The number of rotatable bonds is 7. The molecule has 7 heteroatoms. The molecular weight excluding hydrogens is 383 g/mol. The Bertz CT molecular complexity index is 849. The van der Waals surface area contributed by atoms with E-state index in [0.29, 0.717) is 17.3 Å². The zero-order valence-electron chi connectivity index (χ0n) is 17.6. The van der Waals surface area contributed by atoms with E-state index in [4.69, 9.17) is 4.74 Å². The highest BCUT2D eigenvalue weighted by Crippen LogP contribution is 2.32. The van der Waals surface area contributed by atoms with Gasteiger partial charge < -0.3 is 10.1 Å². The normalized spacial score (nSPS) is 23.0. The molecular formula is C23H31FN4O2. The largest absolute Gasteiger partial charge is 0.383 e. The SMILES string of the molecule is COC[C@@H]1C[C@H](n2cc(NC(=O)c3cccc(F)c3)cn2)CN1CC1CCCCC1. The Hall–Kier alpha value is -2.25. The van der Waals surface area contributed by atoms with Crippen molar-refractivity contribution in [1.82, 2.24) is 14.7 Å². The number of methoxy groups -OCH3 is 1. The molecule has 1 aliphatic carbocycles. The maximum absolute atomic E-state index is 13.4. The number of benzene rings is 1. The van der Waals surface area contributed by atoms with Crippen LogP contribution in [-0.4, -0.2) is 53.4 Å². The van der Waals surface area contributed by atoms with E-state index in [1.165, 1.54) is 50.3 Å². The van der Waals surface area contributed by atoms with E-state index < -0.39 is 5.82 Å². The number of halogens is 1. The minimum absolute atomic E-state index is 0.258. The van der Waals surface area contributed by atoms with Crippen molar-refractivity contribution in [2.24, 2.45) is 5.92 Å². The molecule has 162 valence electrons. The second kappa shape index (κ2) is 9.71. The number of nitrogens with one attached hydrogen (secondary N) is 1. The van der Waals surface area contributed by atoms with E-state index in [2.05, 4.69) is 15.3 Å². The van der Waals surface area contributed by atoms with E-state index in [0.717, 1.165) is 32.0 Å². The smallest absolute Gasteiger partial charge is 0.255 e. The van der Waals surface area contributed by atoms with Gasteiger partial charge in [-0.05, 0) is 43.4 Å². The van der Waals surface area contributed by atoms with Crippen LogP contribution < -0.4 is 5.32 Å². The van der Waals surface area contributed by atoms with Gasteiger partial charge in [0.1, 0.15) is 5.82 Å². The molecule has 1 aliphatic heterocycles. The Balaban J connectivity index is 1.39. The van der Waals surface area contributed by atoms with Crippen LogP contribution in [0.4, 0.5) is 10.1 Å². The van der Waals surface area contributed by atoms with Gasteiger partial charge in [-0.15, -0.1) is 0 Å². The summed E-state index contributed by atoms with van der Waals surface area (Å²) in [6.07, 6.45) is 11.3. The highest BCUT2D eigenvalue weighted by molar-refractivity contribution is 6.04. The van der Waals surface area contributed by atoms with Crippen LogP contribution in [0.5, 0.6) is 0 Å². The molecule has 1 saturated heterocycles. The monoisotopic (exact) mass is 414 g/mol. The molecule has 4 rings (SSSR count). The van der Waals surface area contributed by atoms with Crippen LogP contribution in [0.25, 0.3) is 0 Å². The van der Waals surface area contributed by atoms with Crippen LogP contribution >= 0.6 is 0 Å². The molecule has 0 spiro atoms. The van der Waals surface area contributed by atoms with Gasteiger partial charge in [-0.2, -0.15) is 5.10 Å². The van der Waals surface area contributed by atoms with E-state index in [1.54, 1.807) is 19.4 Å². The highest BCUT2D eigenvalue weighted by atomic mass is 19.1. The summed E-state index contributed by atoms with van der Waals surface area (Å²) in [5.74, 6) is 0.0267. The lowest BCUT2D eigenvalue weighted by atomic mass is 9.89. The molecule has 2 aromatic rings. The average molecular weight is 415 g/mol. The molecule has 0 unspecified atom stereocenters. The fourth-order valence-electron chi connectivity index (χ4n) is 4.88. The number of amides is 1. The lowest BCUT2D eigenvalue weighted by Crippen LogP contribution is -2.37. The van der Waals surface area contributed by atoms with Crippen molar-refractivity contribution in [2.45, 2.75) is 50.6 Å². The first-order valence-corrected chi connectivity index (χ1v) is 11.0. The summed E-state index contributed by atoms with van der Waals surface area (Å²) < 4.78 is 20.8. The fourth-order valence-corrected chi connectivity index (χ4v) is 4.88. The quantitative estimate of drug-likeness (QED) is 0.741. The number of likely N-dealkylation sites (tertiary alicyclic amines) is 1. The van der Waals surface area contributed by atoms with Gasteiger partial charge in [-0.25, -0.2) is 4.39 Å². The third kappa shape index (κ3) is 5.08. The standard InChI is InChI=1S/C23H31FN4O2/c1-30-16-22-11-21(15-27(22)13-17-6-3-2-4-7-17)28-14-20(12-25-28)26-23(29)18-8-5-9-19(24)10-18/h5,8-10,12,14,17,21-22H,2-4,6-7,11,13,15-16H2,1H3,(H,26,29)/t21-,22-/m0/s1. The molecule has 2 fully saturated rings. The van der Waals surface area contributed by atoms with Gasteiger partial charge >= 0.3 is 0 Å². The number of carbonyl (C=O) groups is 1. The summed E-state index contributed by atoms with van der Waals surface area (Å²) >= 11 is 0. The van der Waals surface area contributed by atoms with E-state index in [-0.39, 0.29) is 11.9 Å². The van der Waals surface area contributed by atoms with E-state index in [9.17, 15) is 9.18 Å². The maximum Gasteiger partial charge on any atom is 0.255 e. The lowest BCUT2D eigenvalue weighted by molar-refractivity contribution is 0.0997. The number of aromatic nitrogens is 2. The number of nitrogens with zero attached hydrogens (tertiary/aromatic N) is 3. The molecule has 1 amide bonds.